The molecule has 1 aromatic heterocycles. The fourth-order valence-corrected chi connectivity index (χ4v) is 2.35. The summed E-state index contributed by atoms with van der Waals surface area (Å²) in [6.45, 7) is 5.39. The van der Waals surface area contributed by atoms with Crippen molar-refractivity contribution in [2.75, 3.05) is 7.11 Å². The molecule has 1 rings (SSSR count). The molecule has 1 heterocycles. The van der Waals surface area contributed by atoms with Gasteiger partial charge in [-0.05, 0) is 19.4 Å². The highest BCUT2D eigenvalue weighted by molar-refractivity contribution is 6.35. The highest BCUT2D eigenvalue weighted by atomic mass is 35.5. The van der Waals surface area contributed by atoms with Gasteiger partial charge in [0, 0.05) is 16.3 Å². The lowest BCUT2D eigenvalue weighted by molar-refractivity contribution is -0.142. The van der Waals surface area contributed by atoms with Crippen molar-refractivity contribution in [1.82, 2.24) is 4.98 Å². The minimum Gasteiger partial charge on any atom is -0.469 e. The zero-order chi connectivity index (χ0) is 13.0. The van der Waals surface area contributed by atoms with Gasteiger partial charge in [-0.3, -0.25) is 4.79 Å². The van der Waals surface area contributed by atoms with Crippen LogP contribution in [0.5, 0.6) is 0 Å². The highest BCUT2D eigenvalue weighted by Gasteiger charge is 2.26. The van der Waals surface area contributed by atoms with Gasteiger partial charge < -0.3 is 4.74 Å². The van der Waals surface area contributed by atoms with Crippen molar-refractivity contribution in [1.29, 1.82) is 0 Å². The normalized spacial score (nSPS) is 12.0. The van der Waals surface area contributed by atoms with Crippen molar-refractivity contribution < 1.29 is 9.53 Å². The van der Waals surface area contributed by atoms with Crippen molar-refractivity contribution in [3.63, 3.8) is 0 Å². The van der Waals surface area contributed by atoms with Gasteiger partial charge in [-0.15, -0.1) is 6.58 Å². The standard InChI is InChI=1S/C12H13Cl2NO2/c1-4-5-8(12(16)17-3)10-9(13)6-7(2)15-11(10)14/h4,6,8H,1,5H2,2-3H3. The number of halogens is 2. The summed E-state index contributed by atoms with van der Waals surface area (Å²) in [7, 11) is 1.32. The molecular weight excluding hydrogens is 261 g/mol. The SMILES string of the molecule is C=CCC(C(=O)OC)c1c(Cl)cc(C)nc1Cl. The number of carbonyl (C=O) groups is 1. The summed E-state index contributed by atoms with van der Waals surface area (Å²) in [5, 5.41) is 0.645. The number of pyridine rings is 1. The molecule has 0 aliphatic rings. The number of ether oxygens (including phenoxy) is 1. The van der Waals surface area contributed by atoms with Crippen LogP contribution in [0.1, 0.15) is 23.6 Å². The Morgan fingerprint density at radius 2 is 2.29 bits per heavy atom. The minimum atomic E-state index is -0.564. The van der Waals surface area contributed by atoms with Crippen LogP contribution in [-0.4, -0.2) is 18.1 Å². The van der Waals surface area contributed by atoms with Crippen molar-refractivity contribution in [3.8, 4) is 0 Å². The van der Waals surface area contributed by atoms with E-state index in [1.807, 2.05) is 0 Å². The maximum absolute atomic E-state index is 11.7. The first-order valence-electron chi connectivity index (χ1n) is 5.02. The predicted octanol–water partition coefficient (Wildman–Crippen LogP) is 3.53. The number of aryl methyl sites for hydroxylation is 1. The molecule has 92 valence electrons. The fraction of sp³-hybridized carbons (Fsp3) is 0.333. The van der Waals surface area contributed by atoms with Crippen LogP contribution in [0.2, 0.25) is 10.2 Å². The molecule has 0 aromatic carbocycles. The van der Waals surface area contributed by atoms with E-state index in [2.05, 4.69) is 11.6 Å². The van der Waals surface area contributed by atoms with Crippen LogP contribution in [0.4, 0.5) is 0 Å². The number of hydrogen-bond donors (Lipinski definition) is 0. The molecule has 1 atom stereocenters. The first-order chi connectivity index (χ1) is 8.01. The summed E-state index contributed by atoms with van der Waals surface area (Å²) >= 11 is 12.1. The van der Waals surface area contributed by atoms with E-state index in [1.54, 1.807) is 19.1 Å². The molecule has 0 fully saturated rings. The van der Waals surface area contributed by atoms with Gasteiger partial charge in [-0.25, -0.2) is 4.98 Å². The van der Waals surface area contributed by atoms with E-state index in [-0.39, 0.29) is 5.15 Å². The number of nitrogens with zero attached hydrogens (tertiary/aromatic N) is 1. The Kier molecular flexibility index (Phi) is 4.97. The molecule has 0 saturated carbocycles. The lowest BCUT2D eigenvalue weighted by atomic mass is 9.97. The van der Waals surface area contributed by atoms with E-state index >= 15 is 0 Å². The fourth-order valence-electron chi connectivity index (χ4n) is 1.56. The molecule has 0 aliphatic heterocycles. The Bertz CT molecular complexity index is 423. The van der Waals surface area contributed by atoms with Gasteiger partial charge >= 0.3 is 5.97 Å². The molecule has 0 saturated heterocycles. The third-order valence-corrected chi connectivity index (χ3v) is 2.93. The number of esters is 1. The first kappa shape index (κ1) is 14.0. The van der Waals surface area contributed by atoms with Gasteiger partial charge in [0.1, 0.15) is 5.15 Å². The summed E-state index contributed by atoms with van der Waals surface area (Å²) in [6, 6.07) is 1.67. The summed E-state index contributed by atoms with van der Waals surface area (Å²) in [6.07, 6.45) is 2.02. The maximum atomic E-state index is 11.7. The molecule has 0 bridgehead atoms. The number of rotatable bonds is 4. The van der Waals surface area contributed by atoms with Crippen LogP contribution < -0.4 is 0 Å². The summed E-state index contributed by atoms with van der Waals surface area (Å²) in [5.74, 6) is -0.968. The summed E-state index contributed by atoms with van der Waals surface area (Å²) < 4.78 is 4.73. The molecule has 1 unspecified atom stereocenters. The monoisotopic (exact) mass is 273 g/mol. The van der Waals surface area contributed by atoms with Crippen molar-refractivity contribution in [3.05, 3.63) is 40.2 Å². The zero-order valence-corrected chi connectivity index (χ0v) is 11.2. The smallest absolute Gasteiger partial charge is 0.313 e. The Hall–Kier alpha value is -1.06. The maximum Gasteiger partial charge on any atom is 0.313 e. The number of methoxy groups -OCH3 is 1. The lowest BCUT2D eigenvalue weighted by Crippen LogP contribution is -2.15. The van der Waals surface area contributed by atoms with Crippen LogP contribution >= 0.6 is 23.2 Å². The van der Waals surface area contributed by atoms with Gasteiger partial charge in [0.2, 0.25) is 0 Å². The first-order valence-corrected chi connectivity index (χ1v) is 5.78. The van der Waals surface area contributed by atoms with E-state index in [0.29, 0.717) is 22.7 Å². The largest absolute Gasteiger partial charge is 0.469 e. The van der Waals surface area contributed by atoms with E-state index in [1.165, 1.54) is 7.11 Å². The summed E-state index contributed by atoms with van der Waals surface area (Å²) in [5.41, 5.74) is 1.19. The van der Waals surface area contributed by atoms with Crippen LogP contribution in [-0.2, 0) is 9.53 Å². The van der Waals surface area contributed by atoms with Gasteiger partial charge in [-0.2, -0.15) is 0 Å². The Morgan fingerprint density at radius 1 is 1.65 bits per heavy atom. The van der Waals surface area contributed by atoms with Crippen LogP contribution in [0.3, 0.4) is 0 Å². The second-order valence-corrected chi connectivity index (χ2v) is 4.32. The molecule has 17 heavy (non-hydrogen) atoms. The Balaban J connectivity index is 3.27. The molecule has 0 spiro atoms. The van der Waals surface area contributed by atoms with Gasteiger partial charge in [0.05, 0.1) is 13.0 Å². The third kappa shape index (κ3) is 3.20. The van der Waals surface area contributed by atoms with Crippen molar-refractivity contribution >= 4 is 29.2 Å². The molecule has 0 radical (unpaired) electrons. The van der Waals surface area contributed by atoms with Gasteiger partial charge in [-0.1, -0.05) is 29.3 Å². The van der Waals surface area contributed by atoms with Crippen molar-refractivity contribution in [2.24, 2.45) is 0 Å². The molecule has 5 heteroatoms. The molecule has 3 nitrogen and oxygen atoms in total. The number of aromatic nitrogens is 1. The second-order valence-electron chi connectivity index (χ2n) is 3.55. The quantitative estimate of drug-likeness (QED) is 0.479. The van der Waals surface area contributed by atoms with E-state index in [9.17, 15) is 4.79 Å². The second kappa shape index (κ2) is 6.03. The Morgan fingerprint density at radius 3 is 2.76 bits per heavy atom. The van der Waals surface area contributed by atoms with Crippen LogP contribution in [0.15, 0.2) is 18.7 Å². The lowest BCUT2D eigenvalue weighted by Gasteiger charge is -2.16. The average molecular weight is 274 g/mol. The number of allylic oxidation sites excluding steroid dienone is 1. The summed E-state index contributed by atoms with van der Waals surface area (Å²) in [4.78, 5) is 15.8. The predicted molar refractivity (Wildman–Crippen MR) is 68.6 cm³/mol. The van der Waals surface area contributed by atoms with Gasteiger partial charge in [0.15, 0.2) is 0 Å². The number of carbonyl (C=O) groups excluding carboxylic acids is 1. The minimum absolute atomic E-state index is 0.229. The Labute approximate surface area is 110 Å². The van der Waals surface area contributed by atoms with E-state index < -0.39 is 11.9 Å². The molecule has 0 amide bonds. The van der Waals surface area contributed by atoms with E-state index in [4.69, 9.17) is 27.9 Å². The molecular formula is C12H13Cl2NO2. The van der Waals surface area contributed by atoms with Crippen LogP contribution in [0.25, 0.3) is 0 Å². The zero-order valence-electron chi connectivity index (χ0n) is 9.67. The number of hydrogen-bond acceptors (Lipinski definition) is 3. The van der Waals surface area contributed by atoms with Crippen LogP contribution in [0, 0.1) is 6.92 Å². The van der Waals surface area contributed by atoms with Crippen molar-refractivity contribution in [2.45, 2.75) is 19.3 Å². The van der Waals surface area contributed by atoms with E-state index in [0.717, 1.165) is 0 Å². The molecule has 0 N–H and O–H groups in total. The van der Waals surface area contributed by atoms with Gasteiger partial charge in [0.25, 0.3) is 0 Å². The highest BCUT2D eigenvalue weighted by Crippen LogP contribution is 2.33. The topological polar surface area (TPSA) is 39.2 Å². The average Bonchev–Trinajstić information content (AvgIpc) is 2.25. The molecule has 1 aromatic rings. The molecule has 0 aliphatic carbocycles. The third-order valence-electron chi connectivity index (χ3n) is 2.33.